The molecule has 0 fully saturated rings. The zero-order chi connectivity index (χ0) is 15.9. The first-order chi connectivity index (χ1) is 10.6. The van der Waals surface area contributed by atoms with E-state index in [1.54, 1.807) is 6.92 Å². The zero-order valence-electron chi connectivity index (χ0n) is 12.4. The lowest BCUT2D eigenvalue weighted by Gasteiger charge is -2.12. The van der Waals surface area contributed by atoms with Crippen LogP contribution >= 0.6 is 0 Å². The lowest BCUT2D eigenvalue weighted by Crippen LogP contribution is -2.44. The Balaban J connectivity index is 1.88. The molecule has 2 rings (SSSR count). The van der Waals surface area contributed by atoms with Crippen molar-refractivity contribution in [2.24, 2.45) is 0 Å². The predicted molar refractivity (Wildman–Crippen MR) is 80.9 cm³/mol. The fourth-order valence-corrected chi connectivity index (χ4v) is 1.85. The second kappa shape index (κ2) is 7.26. The lowest BCUT2D eigenvalue weighted by molar-refractivity contribution is -0.122. The quantitative estimate of drug-likeness (QED) is 0.778. The number of hydrogen-bond acceptors (Lipinski definition) is 4. The lowest BCUT2D eigenvalue weighted by atomic mass is 10.1. The van der Waals surface area contributed by atoms with Gasteiger partial charge in [0, 0.05) is 5.56 Å². The molecule has 0 aliphatic carbocycles. The van der Waals surface area contributed by atoms with E-state index in [9.17, 15) is 9.59 Å². The van der Waals surface area contributed by atoms with Crippen molar-refractivity contribution in [3.63, 3.8) is 0 Å². The molecule has 0 saturated heterocycles. The van der Waals surface area contributed by atoms with Crippen molar-refractivity contribution < 1.29 is 14.3 Å². The topological polar surface area (TPSA) is 96.1 Å². The summed E-state index contributed by atoms with van der Waals surface area (Å²) in [6.45, 7) is 1.88. The van der Waals surface area contributed by atoms with Gasteiger partial charge in [0.25, 0.3) is 0 Å². The average Bonchev–Trinajstić information content (AvgIpc) is 3.02. The third-order valence-corrected chi connectivity index (χ3v) is 3.07. The van der Waals surface area contributed by atoms with Gasteiger partial charge >= 0.3 is 6.09 Å². The van der Waals surface area contributed by atoms with Crippen LogP contribution in [0.4, 0.5) is 4.79 Å². The smallest absolute Gasteiger partial charge is 0.407 e. The van der Waals surface area contributed by atoms with Crippen LogP contribution < -0.4 is 10.6 Å². The van der Waals surface area contributed by atoms with Crippen LogP contribution in [0.2, 0.25) is 0 Å². The van der Waals surface area contributed by atoms with Gasteiger partial charge in [0.2, 0.25) is 5.91 Å². The van der Waals surface area contributed by atoms with Crippen LogP contribution in [0.15, 0.2) is 36.4 Å². The summed E-state index contributed by atoms with van der Waals surface area (Å²) in [5, 5.41) is 12.2. The van der Waals surface area contributed by atoms with Gasteiger partial charge in [-0.2, -0.15) is 5.10 Å². The Morgan fingerprint density at radius 2 is 2.05 bits per heavy atom. The van der Waals surface area contributed by atoms with E-state index < -0.39 is 12.1 Å². The van der Waals surface area contributed by atoms with Crippen LogP contribution in [-0.2, 0) is 16.1 Å². The number of rotatable bonds is 5. The van der Waals surface area contributed by atoms with Gasteiger partial charge in [-0.15, -0.1) is 0 Å². The summed E-state index contributed by atoms with van der Waals surface area (Å²) in [6.07, 6.45) is -0.643. The van der Waals surface area contributed by atoms with Gasteiger partial charge in [-0.3, -0.25) is 9.89 Å². The summed E-state index contributed by atoms with van der Waals surface area (Å²) in [6, 6.07) is 10.9. The molecule has 1 aromatic carbocycles. The standard InChI is InChI=1S/C15H18N4O3/c1-10(17-15(21)22-2)14(20)16-9-12-8-13(19-18-12)11-6-4-3-5-7-11/h3-8,10H,9H2,1-2H3,(H,16,20)(H,17,21)(H,18,19)/t10-/m1/s1. The Morgan fingerprint density at radius 1 is 1.32 bits per heavy atom. The number of aromatic nitrogens is 2. The molecule has 3 N–H and O–H groups in total. The highest BCUT2D eigenvalue weighted by molar-refractivity contribution is 5.85. The number of amides is 2. The highest BCUT2D eigenvalue weighted by Crippen LogP contribution is 2.16. The van der Waals surface area contributed by atoms with Crippen LogP contribution in [0, 0.1) is 0 Å². The normalized spacial score (nSPS) is 11.5. The molecule has 22 heavy (non-hydrogen) atoms. The number of aromatic amines is 1. The second-order valence-corrected chi connectivity index (χ2v) is 4.72. The van der Waals surface area contributed by atoms with E-state index in [1.807, 2.05) is 36.4 Å². The maximum absolute atomic E-state index is 11.8. The van der Waals surface area contributed by atoms with Crippen molar-refractivity contribution in [3.05, 3.63) is 42.1 Å². The van der Waals surface area contributed by atoms with Crippen molar-refractivity contribution in [1.29, 1.82) is 0 Å². The number of hydrogen-bond donors (Lipinski definition) is 3. The molecular formula is C15H18N4O3. The minimum absolute atomic E-state index is 0.297. The van der Waals surface area contributed by atoms with Gasteiger partial charge in [0.1, 0.15) is 6.04 Å². The Hall–Kier alpha value is -2.83. The number of ether oxygens (including phenoxy) is 1. The molecule has 1 heterocycles. The second-order valence-electron chi connectivity index (χ2n) is 4.72. The number of nitrogens with one attached hydrogen (secondary N) is 3. The first kappa shape index (κ1) is 15.6. The highest BCUT2D eigenvalue weighted by atomic mass is 16.5. The Kier molecular flexibility index (Phi) is 5.13. The summed E-state index contributed by atoms with van der Waals surface area (Å²) in [7, 11) is 1.25. The number of nitrogens with zero attached hydrogens (tertiary/aromatic N) is 1. The number of benzene rings is 1. The van der Waals surface area contributed by atoms with Crippen molar-refractivity contribution in [1.82, 2.24) is 20.8 Å². The van der Waals surface area contributed by atoms with E-state index in [0.717, 1.165) is 17.0 Å². The van der Waals surface area contributed by atoms with Crippen LogP contribution in [0.25, 0.3) is 11.3 Å². The molecule has 0 saturated carbocycles. The van der Waals surface area contributed by atoms with Crippen molar-refractivity contribution in [2.45, 2.75) is 19.5 Å². The summed E-state index contributed by atoms with van der Waals surface area (Å²) >= 11 is 0. The summed E-state index contributed by atoms with van der Waals surface area (Å²) in [4.78, 5) is 22.9. The van der Waals surface area contributed by atoms with E-state index in [4.69, 9.17) is 0 Å². The number of carbonyl (C=O) groups excluding carboxylic acids is 2. The first-order valence-electron chi connectivity index (χ1n) is 6.82. The highest BCUT2D eigenvalue weighted by Gasteiger charge is 2.15. The van der Waals surface area contributed by atoms with E-state index >= 15 is 0 Å². The zero-order valence-corrected chi connectivity index (χ0v) is 12.4. The molecule has 116 valence electrons. The van der Waals surface area contributed by atoms with Crippen LogP contribution in [0.3, 0.4) is 0 Å². The molecule has 0 spiro atoms. The molecule has 2 aromatic rings. The predicted octanol–water partition coefficient (Wildman–Crippen LogP) is 1.44. The van der Waals surface area contributed by atoms with Gasteiger partial charge in [-0.25, -0.2) is 4.79 Å². The van der Waals surface area contributed by atoms with Gasteiger partial charge < -0.3 is 15.4 Å². The van der Waals surface area contributed by atoms with Crippen molar-refractivity contribution in [3.8, 4) is 11.3 Å². The molecule has 0 unspecified atom stereocenters. The molecule has 0 bridgehead atoms. The van der Waals surface area contributed by atoms with E-state index in [-0.39, 0.29) is 5.91 Å². The number of methoxy groups -OCH3 is 1. The Morgan fingerprint density at radius 3 is 2.73 bits per heavy atom. The minimum atomic E-state index is -0.677. The van der Waals surface area contributed by atoms with Gasteiger partial charge in [-0.1, -0.05) is 30.3 Å². The third-order valence-electron chi connectivity index (χ3n) is 3.07. The molecule has 0 aliphatic rings. The van der Waals surface area contributed by atoms with Crippen LogP contribution in [0.5, 0.6) is 0 Å². The van der Waals surface area contributed by atoms with E-state index in [0.29, 0.717) is 6.54 Å². The summed E-state index contributed by atoms with van der Waals surface area (Å²) < 4.78 is 4.44. The molecular weight excluding hydrogens is 284 g/mol. The van der Waals surface area contributed by atoms with E-state index in [1.165, 1.54) is 7.11 Å². The maximum Gasteiger partial charge on any atom is 0.407 e. The largest absolute Gasteiger partial charge is 0.453 e. The van der Waals surface area contributed by atoms with Crippen LogP contribution in [0.1, 0.15) is 12.6 Å². The van der Waals surface area contributed by atoms with Crippen LogP contribution in [-0.4, -0.2) is 35.3 Å². The Bertz CT molecular complexity index is 639. The molecule has 7 heteroatoms. The fraction of sp³-hybridized carbons (Fsp3) is 0.267. The maximum atomic E-state index is 11.8. The number of carbonyl (C=O) groups is 2. The Labute approximate surface area is 128 Å². The third kappa shape index (κ3) is 4.08. The molecule has 1 aromatic heterocycles. The fourth-order valence-electron chi connectivity index (χ4n) is 1.85. The average molecular weight is 302 g/mol. The molecule has 0 radical (unpaired) electrons. The number of alkyl carbamates (subject to hydrolysis) is 1. The van der Waals surface area contributed by atoms with E-state index in [2.05, 4.69) is 25.6 Å². The van der Waals surface area contributed by atoms with Crippen molar-refractivity contribution in [2.75, 3.05) is 7.11 Å². The van der Waals surface area contributed by atoms with Crippen molar-refractivity contribution >= 4 is 12.0 Å². The first-order valence-corrected chi connectivity index (χ1v) is 6.82. The van der Waals surface area contributed by atoms with Gasteiger partial charge in [0.05, 0.1) is 25.0 Å². The number of H-pyrrole nitrogens is 1. The summed E-state index contributed by atoms with van der Waals surface area (Å²) in [5.41, 5.74) is 2.58. The minimum Gasteiger partial charge on any atom is -0.453 e. The summed E-state index contributed by atoms with van der Waals surface area (Å²) in [5.74, 6) is -0.304. The molecule has 1 atom stereocenters. The molecule has 7 nitrogen and oxygen atoms in total. The van der Waals surface area contributed by atoms with Gasteiger partial charge in [-0.05, 0) is 13.0 Å². The molecule has 2 amide bonds. The monoisotopic (exact) mass is 302 g/mol. The SMILES string of the molecule is COC(=O)N[C@H](C)C(=O)NCc1cc(-c2ccccc2)n[nH]1. The van der Waals surface area contributed by atoms with Gasteiger partial charge in [0.15, 0.2) is 0 Å². The molecule has 0 aliphatic heterocycles.